The Morgan fingerprint density at radius 3 is 2.87 bits per heavy atom. The molecule has 15 heavy (non-hydrogen) atoms. The van der Waals surface area contributed by atoms with E-state index >= 15 is 0 Å². The number of morpholine rings is 1. The molecule has 1 heterocycles. The minimum Gasteiger partial charge on any atom is -0.373 e. The monoisotopic (exact) mass is 212 g/mol. The third kappa shape index (κ3) is 2.69. The quantitative estimate of drug-likeness (QED) is 0.735. The lowest BCUT2D eigenvalue weighted by molar-refractivity contribution is -0.140. The van der Waals surface area contributed by atoms with E-state index in [4.69, 9.17) is 10.5 Å². The predicted molar refractivity (Wildman–Crippen MR) is 57.3 cm³/mol. The maximum Gasteiger partial charge on any atom is 0.223 e. The minimum atomic E-state index is 0.0455. The van der Waals surface area contributed by atoms with Crippen molar-refractivity contribution in [2.24, 2.45) is 11.7 Å². The highest BCUT2D eigenvalue weighted by Gasteiger charge is 2.27. The Balaban J connectivity index is 1.78. The van der Waals surface area contributed by atoms with Crippen molar-refractivity contribution in [3.8, 4) is 0 Å². The fourth-order valence-corrected chi connectivity index (χ4v) is 2.16. The lowest BCUT2D eigenvalue weighted by Crippen LogP contribution is -2.48. The van der Waals surface area contributed by atoms with Crippen LogP contribution in [0, 0.1) is 5.92 Å². The molecular formula is C11H20N2O2. The van der Waals surface area contributed by atoms with Crippen molar-refractivity contribution in [3.63, 3.8) is 0 Å². The van der Waals surface area contributed by atoms with Gasteiger partial charge in [0.1, 0.15) is 0 Å². The average Bonchev–Trinajstić information content (AvgIpc) is 2.23. The summed E-state index contributed by atoms with van der Waals surface area (Å²) < 4.78 is 5.43. The normalized spacial score (nSPS) is 27.5. The van der Waals surface area contributed by atoms with Crippen LogP contribution >= 0.6 is 0 Å². The summed E-state index contributed by atoms with van der Waals surface area (Å²) in [6, 6.07) is 0. The fourth-order valence-electron chi connectivity index (χ4n) is 2.16. The van der Waals surface area contributed by atoms with Gasteiger partial charge in [0.15, 0.2) is 0 Å². The van der Waals surface area contributed by atoms with Crippen LogP contribution in [0.25, 0.3) is 0 Å². The number of carbonyl (C=O) groups is 1. The molecule has 0 bridgehead atoms. The number of amides is 1. The van der Waals surface area contributed by atoms with Crippen molar-refractivity contribution in [1.82, 2.24) is 4.90 Å². The van der Waals surface area contributed by atoms with Crippen LogP contribution in [0.4, 0.5) is 0 Å². The maximum absolute atomic E-state index is 11.9. The SMILES string of the molecule is NCC1CN(C(=O)CC2CCC2)CCO1. The summed E-state index contributed by atoms with van der Waals surface area (Å²) in [5, 5.41) is 0. The van der Waals surface area contributed by atoms with Crippen LogP contribution in [-0.4, -0.2) is 43.2 Å². The second-order valence-electron chi connectivity index (χ2n) is 4.57. The van der Waals surface area contributed by atoms with Gasteiger partial charge in [-0.3, -0.25) is 4.79 Å². The first-order chi connectivity index (χ1) is 7.29. The van der Waals surface area contributed by atoms with Gasteiger partial charge in [-0.2, -0.15) is 0 Å². The molecule has 0 aromatic carbocycles. The zero-order valence-corrected chi connectivity index (χ0v) is 9.15. The molecule has 2 aliphatic rings. The summed E-state index contributed by atoms with van der Waals surface area (Å²) in [4.78, 5) is 13.8. The van der Waals surface area contributed by atoms with E-state index in [-0.39, 0.29) is 6.10 Å². The Morgan fingerprint density at radius 1 is 1.47 bits per heavy atom. The van der Waals surface area contributed by atoms with Gasteiger partial charge in [-0.1, -0.05) is 6.42 Å². The summed E-state index contributed by atoms with van der Waals surface area (Å²) in [6.07, 6.45) is 4.54. The topological polar surface area (TPSA) is 55.6 Å². The Bertz CT molecular complexity index is 229. The van der Waals surface area contributed by atoms with Crippen molar-refractivity contribution in [1.29, 1.82) is 0 Å². The first-order valence-corrected chi connectivity index (χ1v) is 5.89. The number of carbonyl (C=O) groups excluding carboxylic acids is 1. The molecule has 4 heteroatoms. The molecule has 1 saturated heterocycles. The largest absolute Gasteiger partial charge is 0.373 e. The summed E-state index contributed by atoms with van der Waals surface area (Å²) in [5.74, 6) is 0.943. The van der Waals surface area contributed by atoms with E-state index in [1.165, 1.54) is 19.3 Å². The molecule has 1 aliphatic heterocycles. The van der Waals surface area contributed by atoms with Crippen LogP contribution in [0.3, 0.4) is 0 Å². The first kappa shape index (κ1) is 10.9. The van der Waals surface area contributed by atoms with Crippen LogP contribution in [-0.2, 0) is 9.53 Å². The van der Waals surface area contributed by atoms with Gasteiger partial charge in [0.05, 0.1) is 12.7 Å². The average molecular weight is 212 g/mol. The fraction of sp³-hybridized carbons (Fsp3) is 0.909. The second-order valence-corrected chi connectivity index (χ2v) is 4.57. The van der Waals surface area contributed by atoms with E-state index in [1.807, 2.05) is 4.90 Å². The zero-order chi connectivity index (χ0) is 10.7. The third-order valence-electron chi connectivity index (χ3n) is 3.44. The van der Waals surface area contributed by atoms with Gasteiger partial charge in [-0.25, -0.2) is 0 Å². The molecule has 0 radical (unpaired) electrons. The minimum absolute atomic E-state index is 0.0455. The highest BCUT2D eigenvalue weighted by Crippen LogP contribution is 2.30. The van der Waals surface area contributed by atoms with Gasteiger partial charge in [0.25, 0.3) is 0 Å². The number of rotatable bonds is 3. The highest BCUT2D eigenvalue weighted by molar-refractivity contribution is 5.76. The molecular weight excluding hydrogens is 192 g/mol. The number of ether oxygens (including phenoxy) is 1. The van der Waals surface area contributed by atoms with Crippen LogP contribution in [0.1, 0.15) is 25.7 Å². The predicted octanol–water partition coefficient (Wildman–Crippen LogP) is 0.363. The van der Waals surface area contributed by atoms with Gasteiger partial charge in [-0.05, 0) is 18.8 Å². The molecule has 1 saturated carbocycles. The lowest BCUT2D eigenvalue weighted by Gasteiger charge is -2.34. The van der Waals surface area contributed by atoms with Gasteiger partial charge in [0.2, 0.25) is 5.91 Å². The summed E-state index contributed by atoms with van der Waals surface area (Å²) in [6.45, 7) is 2.57. The number of hydrogen-bond donors (Lipinski definition) is 1. The molecule has 2 N–H and O–H groups in total. The molecule has 1 amide bonds. The summed E-state index contributed by atoms with van der Waals surface area (Å²) in [7, 11) is 0. The molecule has 2 rings (SSSR count). The van der Waals surface area contributed by atoms with E-state index in [0.29, 0.717) is 31.5 Å². The van der Waals surface area contributed by atoms with Crippen LogP contribution < -0.4 is 5.73 Å². The van der Waals surface area contributed by atoms with E-state index in [9.17, 15) is 4.79 Å². The summed E-state index contributed by atoms with van der Waals surface area (Å²) in [5.41, 5.74) is 5.54. The number of hydrogen-bond acceptors (Lipinski definition) is 3. The molecule has 0 aromatic heterocycles. The number of nitrogens with zero attached hydrogens (tertiary/aromatic N) is 1. The van der Waals surface area contributed by atoms with E-state index < -0.39 is 0 Å². The molecule has 86 valence electrons. The van der Waals surface area contributed by atoms with Gasteiger partial charge < -0.3 is 15.4 Å². The molecule has 1 unspecified atom stereocenters. The highest BCUT2D eigenvalue weighted by atomic mass is 16.5. The standard InChI is InChI=1S/C11H20N2O2/c12-7-10-8-13(4-5-15-10)11(14)6-9-2-1-3-9/h9-10H,1-8,12H2. The van der Waals surface area contributed by atoms with Crippen molar-refractivity contribution in [3.05, 3.63) is 0 Å². The van der Waals surface area contributed by atoms with E-state index in [2.05, 4.69) is 0 Å². The molecule has 0 spiro atoms. The Kier molecular flexibility index (Phi) is 3.59. The Labute approximate surface area is 90.8 Å². The molecule has 1 atom stereocenters. The zero-order valence-electron chi connectivity index (χ0n) is 9.15. The van der Waals surface area contributed by atoms with Gasteiger partial charge in [-0.15, -0.1) is 0 Å². The maximum atomic E-state index is 11.9. The molecule has 4 nitrogen and oxygen atoms in total. The first-order valence-electron chi connectivity index (χ1n) is 5.89. The van der Waals surface area contributed by atoms with Crippen LogP contribution in [0.15, 0.2) is 0 Å². The van der Waals surface area contributed by atoms with Crippen molar-refractivity contribution >= 4 is 5.91 Å². The molecule has 0 aromatic rings. The van der Waals surface area contributed by atoms with E-state index in [1.54, 1.807) is 0 Å². The lowest BCUT2D eigenvalue weighted by atomic mass is 9.82. The number of nitrogens with two attached hydrogens (primary N) is 1. The molecule has 1 aliphatic carbocycles. The van der Waals surface area contributed by atoms with Crippen LogP contribution in [0.5, 0.6) is 0 Å². The Hall–Kier alpha value is -0.610. The second kappa shape index (κ2) is 4.94. The van der Waals surface area contributed by atoms with Gasteiger partial charge >= 0.3 is 0 Å². The van der Waals surface area contributed by atoms with Crippen molar-refractivity contribution < 1.29 is 9.53 Å². The molecule has 2 fully saturated rings. The van der Waals surface area contributed by atoms with Crippen molar-refractivity contribution in [2.75, 3.05) is 26.2 Å². The van der Waals surface area contributed by atoms with Gasteiger partial charge in [0, 0.05) is 26.1 Å². The summed E-state index contributed by atoms with van der Waals surface area (Å²) >= 11 is 0. The van der Waals surface area contributed by atoms with E-state index in [0.717, 1.165) is 13.0 Å². The Morgan fingerprint density at radius 2 is 2.27 bits per heavy atom. The van der Waals surface area contributed by atoms with Crippen LogP contribution in [0.2, 0.25) is 0 Å². The smallest absolute Gasteiger partial charge is 0.223 e. The third-order valence-corrected chi connectivity index (χ3v) is 3.44. The van der Waals surface area contributed by atoms with Crippen molar-refractivity contribution in [2.45, 2.75) is 31.8 Å².